The van der Waals surface area contributed by atoms with Gasteiger partial charge in [-0.2, -0.15) is 0 Å². The SMILES string of the molecule is CCCCCCCC/C=C\CCCCCCCCN(C)C.O=C(O)CNCP(=O)(O)O. The van der Waals surface area contributed by atoms with E-state index in [0.29, 0.717) is 0 Å². The zero-order valence-electron chi connectivity index (χ0n) is 20.2. The Hall–Kier alpha value is -0.720. The number of nitrogens with zero attached hydrogens (tertiary/aromatic N) is 1. The fourth-order valence-corrected chi connectivity index (χ4v) is 3.39. The predicted octanol–water partition coefficient (Wildman–Crippen LogP) is 5.38. The Morgan fingerprint density at radius 3 is 1.71 bits per heavy atom. The third kappa shape index (κ3) is 37.0. The van der Waals surface area contributed by atoms with E-state index >= 15 is 0 Å². The van der Waals surface area contributed by atoms with Gasteiger partial charge < -0.3 is 19.8 Å². The van der Waals surface area contributed by atoms with Gasteiger partial charge in [0, 0.05) is 0 Å². The minimum absolute atomic E-state index is 0.439. The summed E-state index contributed by atoms with van der Waals surface area (Å²) in [5.74, 6) is -1.14. The Morgan fingerprint density at radius 2 is 1.29 bits per heavy atom. The Labute approximate surface area is 190 Å². The first kappa shape index (κ1) is 32.5. The van der Waals surface area contributed by atoms with Crippen molar-refractivity contribution in [1.82, 2.24) is 10.2 Å². The Morgan fingerprint density at radius 1 is 0.839 bits per heavy atom. The molecule has 0 aliphatic carbocycles. The number of hydrogen-bond donors (Lipinski definition) is 4. The lowest BCUT2D eigenvalue weighted by Gasteiger charge is -2.08. The molecule has 186 valence electrons. The first-order valence-electron chi connectivity index (χ1n) is 12.0. The van der Waals surface area contributed by atoms with Gasteiger partial charge in [-0.1, -0.05) is 76.9 Å². The highest BCUT2D eigenvalue weighted by Gasteiger charge is 2.11. The standard InChI is InChI=1S/C20H41N.C3H8NO5P/c1-4-5-6-7-8-9-10-11-12-13-14-15-16-17-18-19-20-21(2)3;5-3(6)1-4-2-10(7,8)9/h11-12H,4-10,13-20H2,1-3H3;4H,1-2H2,(H,5,6)(H2,7,8,9)/b12-11-;. The third-order valence-electron chi connectivity index (χ3n) is 4.71. The maximum atomic E-state index is 10.1. The molecular formula is C23H49N2O5P. The average Bonchev–Trinajstić information content (AvgIpc) is 2.66. The summed E-state index contributed by atoms with van der Waals surface area (Å²) in [5, 5.41) is 10.1. The lowest BCUT2D eigenvalue weighted by Crippen LogP contribution is -2.23. The molecule has 4 N–H and O–H groups in total. The summed E-state index contributed by atoms with van der Waals surface area (Å²) in [6, 6.07) is 0. The molecule has 0 aromatic carbocycles. The smallest absolute Gasteiger partial charge is 0.339 e. The lowest BCUT2D eigenvalue weighted by molar-refractivity contribution is -0.135. The molecule has 0 aromatic rings. The van der Waals surface area contributed by atoms with E-state index in [-0.39, 0.29) is 0 Å². The highest BCUT2D eigenvalue weighted by atomic mass is 31.2. The summed E-state index contributed by atoms with van der Waals surface area (Å²) in [6.45, 7) is 3.10. The minimum atomic E-state index is -4.10. The van der Waals surface area contributed by atoms with Crippen LogP contribution in [-0.2, 0) is 9.36 Å². The summed E-state index contributed by atoms with van der Waals surface area (Å²) in [7, 11) is 0.232. The van der Waals surface area contributed by atoms with Crippen molar-refractivity contribution in [2.45, 2.75) is 96.8 Å². The number of nitrogens with one attached hydrogen (secondary N) is 1. The highest BCUT2D eigenvalue weighted by molar-refractivity contribution is 7.51. The van der Waals surface area contributed by atoms with Gasteiger partial charge in [-0.25, -0.2) is 0 Å². The maximum absolute atomic E-state index is 10.1. The lowest BCUT2D eigenvalue weighted by atomic mass is 10.1. The van der Waals surface area contributed by atoms with E-state index in [4.69, 9.17) is 14.9 Å². The van der Waals surface area contributed by atoms with E-state index in [0.717, 1.165) is 0 Å². The molecule has 0 saturated heterocycles. The molecule has 8 heteroatoms. The summed E-state index contributed by atoms with van der Waals surface area (Å²) >= 11 is 0. The molecule has 0 saturated carbocycles. The normalized spacial score (nSPS) is 11.7. The van der Waals surface area contributed by atoms with E-state index in [2.05, 4.69) is 43.4 Å². The quantitative estimate of drug-likeness (QED) is 0.109. The molecule has 0 rings (SSSR count). The van der Waals surface area contributed by atoms with Crippen LogP contribution in [0.2, 0.25) is 0 Å². The van der Waals surface area contributed by atoms with Gasteiger partial charge in [-0.3, -0.25) is 14.7 Å². The molecule has 0 fully saturated rings. The number of rotatable bonds is 20. The number of carboxylic acid groups (broad SMARTS) is 1. The van der Waals surface area contributed by atoms with Crippen LogP contribution in [0.25, 0.3) is 0 Å². The van der Waals surface area contributed by atoms with Crippen molar-refractivity contribution in [2.24, 2.45) is 0 Å². The molecule has 0 amide bonds. The van der Waals surface area contributed by atoms with Gasteiger partial charge in [0.2, 0.25) is 0 Å². The molecular weight excluding hydrogens is 415 g/mol. The van der Waals surface area contributed by atoms with Gasteiger partial charge in [0.1, 0.15) is 0 Å². The van der Waals surface area contributed by atoms with Crippen LogP contribution in [0.1, 0.15) is 96.8 Å². The monoisotopic (exact) mass is 464 g/mol. The van der Waals surface area contributed by atoms with Gasteiger partial charge in [0.15, 0.2) is 0 Å². The van der Waals surface area contributed by atoms with Crippen molar-refractivity contribution in [3.63, 3.8) is 0 Å². The minimum Gasteiger partial charge on any atom is -0.480 e. The van der Waals surface area contributed by atoms with Crippen LogP contribution in [0.3, 0.4) is 0 Å². The van der Waals surface area contributed by atoms with Crippen LogP contribution in [0, 0.1) is 0 Å². The molecule has 0 radical (unpaired) electrons. The summed E-state index contributed by atoms with van der Waals surface area (Å²) in [6.07, 6.45) is 23.8. The van der Waals surface area contributed by atoms with Gasteiger partial charge in [-0.05, 0) is 52.7 Å². The first-order chi connectivity index (χ1) is 14.7. The van der Waals surface area contributed by atoms with Gasteiger partial charge >= 0.3 is 13.6 Å². The maximum Gasteiger partial charge on any atom is 0.339 e. The van der Waals surface area contributed by atoms with Crippen LogP contribution < -0.4 is 5.32 Å². The van der Waals surface area contributed by atoms with E-state index in [9.17, 15) is 9.36 Å². The van der Waals surface area contributed by atoms with E-state index < -0.39 is 26.4 Å². The van der Waals surface area contributed by atoms with Crippen molar-refractivity contribution < 1.29 is 24.3 Å². The number of carboxylic acids is 1. The number of hydrogen-bond acceptors (Lipinski definition) is 4. The second-order valence-corrected chi connectivity index (χ2v) is 10.0. The van der Waals surface area contributed by atoms with Crippen molar-refractivity contribution >= 4 is 13.6 Å². The Bertz CT molecular complexity index is 467. The zero-order valence-corrected chi connectivity index (χ0v) is 21.1. The summed E-state index contributed by atoms with van der Waals surface area (Å²) in [5.41, 5.74) is 0. The fourth-order valence-electron chi connectivity index (χ4n) is 2.98. The Kier molecular flexibility index (Phi) is 25.1. The van der Waals surface area contributed by atoms with Crippen molar-refractivity contribution in [3.8, 4) is 0 Å². The number of unbranched alkanes of at least 4 members (excludes halogenated alkanes) is 12. The van der Waals surface area contributed by atoms with Gasteiger partial charge in [-0.15, -0.1) is 0 Å². The first-order valence-corrected chi connectivity index (χ1v) is 13.8. The van der Waals surface area contributed by atoms with Gasteiger partial charge in [0.05, 0.1) is 12.8 Å². The van der Waals surface area contributed by atoms with Crippen molar-refractivity contribution in [2.75, 3.05) is 33.5 Å². The molecule has 31 heavy (non-hydrogen) atoms. The predicted molar refractivity (Wildman–Crippen MR) is 131 cm³/mol. The molecule has 0 atom stereocenters. The fraction of sp³-hybridized carbons (Fsp3) is 0.870. The molecule has 0 heterocycles. The van der Waals surface area contributed by atoms with Crippen molar-refractivity contribution in [1.29, 1.82) is 0 Å². The molecule has 7 nitrogen and oxygen atoms in total. The van der Waals surface area contributed by atoms with Crippen molar-refractivity contribution in [3.05, 3.63) is 12.2 Å². The number of allylic oxidation sites excluding steroid dienone is 2. The topological polar surface area (TPSA) is 110 Å². The molecule has 0 aliphatic rings. The number of aliphatic carboxylic acids is 1. The Balaban J connectivity index is 0. The molecule has 0 aromatic heterocycles. The highest BCUT2D eigenvalue weighted by Crippen LogP contribution is 2.31. The van der Waals surface area contributed by atoms with Crippen LogP contribution in [-0.4, -0.2) is 59.2 Å². The van der Waals surface area contributed by atoms with E-state index in [1.165, 1.54) is 96.4 Å². The summed E-state index contributed by atoms with van der Waals surface area (Å²) < 4.78 is 10.1. The molecule has 0 spiro atoms. The number of carbonyl (C=O) groups is 1. The largest absolute Gasteiger partial charge is 0.480 e. The molecule has 0 aliphatic heterocycles. The zero-order chi connectivity index (χ0) is 23.8. The van der Waals surface area contributed by atoms with E-state index in [1.807, 2.05) is 0 Å². The van der Waals surface area contributed by atoms with E-state index in [1.54, 1.807) is 0 Å². The van der Waals surface area contributed by atoms with Crippen LogP contribution in [0.15, 0.2) is 12.2 Å². The molecule has 0 unspecified atom stereocenters. The molecule has 0 bridgehead atoms. The van der Waals surface area contributed by atoms with Crippen LogP contribution in [0.5, 0.6) is 0 Å². The second-order valence-electron chi connectivity index (χ2n) is 8.38. The summed E-state index contributed by atoms with van der Waals surface area (Å²) in [4.78, 5) is 28.4. The average molecular weight is 465 g/mol. The van der Waals surface area contributed by atoms with Crippen LogP contribution >= 0.6 is 7.60 Å². The van der Waals surface area contributed by atoms with Gasteiger partial charge in [0.25, 0.3) is 0 Å². The van der Waals surface area contributed by atoms with Crippen LogP contribution in [0.4, 0.5) is 0 Å². The second kappa shape index (κ2) is 23.9. The third-order valence-corrected chi connectivity index (χ3v) is 5.35.